The van der Waals surface area contributed by atoms with E-state index in [0.717, 1.165) is 13.1 Å². The third kappa shape index (κ3) is 3.52. The summed E-state index contributed by atoms with van der Waals surface area (Å²) in [7, 11) is 1.68. The van der Waals surface area contributed by atoms with Crippen molar-refractivity contribution in [3.05, 3.63) is 18.2 Å². The maximum Gasteiger partial charge on any atom is 0.0949 e. The lowest BCUT2D eigenvalue weighted by Crippen LogP contribution is -2.18. The molecule has 0 saturated carbocycles. The van der Waals surface area contributed by atoms with Crippen molar-refractivity contribution in [2.24, 2.45) is 0 Å². The minimum absolute atomic E-state index is 0.469. The van der Waals surface area contributed by atoms with Gasteiger partial charge in [-0.3, -0.25) is 0 Å². The van der Waals surface area contributed by atoms with Gasteiger partial charge in [-0.15, -0.1) is 0 Å². The Morgan fingerprint density at radius 2 is 2.41 bits per heavy atom. The topological polar surface area (TPSA) is 48.3 Å². The minimum atomic E-state index is 0.469. The largest absolute Gasteiger partial charge is 0.382 e. The molecule has 1 aliphatic heterocycles. The lowest BCUT2D eigenvalue weighted by atomic mass is 10.2. The molecule has 1 aromatic rings. The second-order valence-electron chi connectivity index (χ2n) is 4.27. The summed E-state index contributed by atoms with van der Waals surface area (Å²) in [5, 5.41) is 3.49. The van der Waals surface area contributed by atoms with Crippen LogP contribution in [-0.2, 0) is 16.0 Å². The van der Waals surface area contributed by atoms with E-state index in [1.807, 2.05) is 12.5 Å². The summed E-state index contributed by atoms with van der Waals surface area (Å²) in [6.07, 6.45) is 6.30. The summed E-state index contributed by atoms with van der Waals surface area (Å²) >= 11 is 0. The number of aromatic nitrogens is 2. The van der Waals surface area contributed by atoms with E-state index < -0.39 is 0 Å². The van der Waals surface area contributed by atoms with Crippen LogP contribution in [-0.4, -0.2) is 43.0 Å². The molecule has 1 saturated heterocycles. The molecule has 17 heavy (non-hydrogen) atoms. The summed E-state index contributed by atoms with van der Waals surface area (Å²) in [6, 6.07) is 0.469. The Hall–Kier alpha value is -0.910. The third-order valence-corrected chi connectivity index (χ3v) is 3.07. The first-order valence-corrected chi connectivity index (χ1v) is 6.22. The van der Waals surface area contributed by atoms with Crippen molar-refractivity contribution in [2.75, 3.05) is 33.5 Å². The third-order valence-electron chi connectivity index (χ3n) is 3.07. The number of methoxy groups -OCH3 is 1. The van der Waals surface area contributed by atoms with Gasteiger partial charge in [0.2, 0.25) is 0 Å². The highest BCUT2D eigenvalue weighted by molar-refractivity contribution is 5.07. The number of imidazole rings is 1. The van der Waals surface area contributed by atoms with Gasteiger partial charge < -0.3 is 19.4 Å². The van der Waals surface area contributed by atoms with Crippen LogP contribution in [0.3, 0.4) is 0 Å². The van der Waals surface area contributed by atoms with Crippen molar-refractivity contribution in [1.29, 1.82) is 0 Å². The highest BCUT2D eigenvalue weighted by Crippen LogP contribution is 2.22. The van der Waals surface area contributed by atoms with E-state index in [0.29, 0.717) is 25.9 Å². The van der Waals surface area contributed by atoms with E-state index in [1.54, 1.807) is 7.11 Å². The Kier molecular flexibility index (Phi) is 4.97. The molecule has 0 bridgehead atoms. The molecule has 1 unspecified atom stereocenters. The molecule has 1 fully saturated rings. The maximum atomic E-state index is 5.47. The predicted octanol–water partition coefficient (Wildman–Crippen LogP) is 0.971. The van der Waals surface area contributed by atoms with E-state index in [1.165, 1.54) is 18.5 Å². The van der Waals surface area contributed by atoms with Crippen LogP contribution in [0, 0.1) is 0 Å². The fourth-order valence-electron chi connectivity index (χ4n) is 2.15. The lowest BCUT2D eigenvalue weighted by molar-refractivity contribution is 0.0662. The molecule has 0 radical (unpaired) electrons. The Morgan fingerprint density at radius 1 is 1.47 bits per heavy atom. The van der Waals surface area contributed by atoms with Gasteiger partial charge in [-0.1, -0.05) is 0 Å². The smallest absolute Gasteiger partial charge is 0.0949 e. The lowest BCUT2D eigenvalue weighted by Gasteiger charge is -2.13. The Balaban J connectivity index is 1.78. The van der Waals surface area contributed by atoms with Crippen molar-refractivity contribution >= 4 is 0 Å². The van der Waals surface area contributed by atoms with Gasteiger partial charge in [0.25, 0.3) is 0 Å². The molecule has 1 N–H and O–H groups in total. The van der Waals surface area contributed by atoms with Crippen LogP contribution < -0.4 is 5.32 Å². The molecule has 0 spiro atoms. The Bertz CT molecular complexity index is 321. The number of nitrogens with zero attached hydrogens (tertiary/aromatic N) is 2. The molecule has 0 aromatic carbocycles. The average Bonchev–Trinajstić information content (AvgIpc) is 2.98. The quantitative estimate of drug-likeness (QED) is 0.720. The van der Waals surface area contributed by atoms with E-state index in [2.05, 4.69) is 14.9 Å². The van der Waals surface area contributed by atoms with Crippen molar-refractivity contribution < 1.29 is 9.47 Å². The summed E-state index contributed by atoms with van der Waals surface area (Å²) in [4.78, 5) is 4.22. The van der Waals surface area contributed by atoms with Crippen LogP contribution in [0.15, 0.2) is 12.5 Å². The number of hydrogen-bond acceptors (Lipinski definition) is 4. The van der Waals surface area contributed by atoms with Gasteiger partial charge in [-0.25, -0.2) is 4.98 Å². The molecule has 0 amide bonds. The van der Waals surface area contributed by atoms with Crippen LogP contribution in [0.2, 0.25) is 0 Å². The zero-order chi connectivity index (χ0) is 11.9. The molecule has 0 aliphatic carbocycles. The minimum Gasteiger partial charge on any atom is -0.382 e. The maximum absolute atomic E-state index is 5.47. The van der Waals surface area contributed by atoms with Crippen LogP contribution >= 0.6 is 0 Å². The fourth-order valence-corrected chi connectivity index (χ4v) is 2.15. The van der Waals surface area contributed by atoms with E-state index >= 15 is 0 Å². The highest BCUT2D eigenvalue weighted by Gasteiger charge is 2.19. The molecule has 96 valence electrons. The van der Waals surface area contributed by atoms with Crippen molar-refractivity contribution in [3.8, 4) is 0 Å². The van der Waals surface area contributed by atoms with Crippen molar-refractivity contribution in [1.82, 2.24) is 14.9 Å². The number of ether oxygens (including phenoxy) is 2. The van der Waals surface area contributed by atoms with Gasteiger partial charge >= 0.3 is 0 Å². The van der Waals surface area contributed by atoms with E-state index in [-0.39, 0.29) is 0 Å². The van der Waals surface area contributed by atoms with Gasteiger partial charge in [0.1, 0.15) is 0 Å². The molecule has 5 nitrogen and oxygen atoms in total. The zero-order valence-corrected chi connectivity index (χ0v) is 10.4. The van der Waals surface area contributed by atoms with Gasteiger partial charge in [0, 0.05) is 25.9 Å². The monoisotopic (exact) mass is 239 g/mol. The molecule has 5 heteroatoms. The average molecular weight is 239 g/mol. The summed E-state index contributed by atoms with van der Waals surface area (Å²) < 4.78 is 12.6. The second kappa shape index (κ2) is 6.74. The number of nitrogens with one attached hydrogen (secondary N) is 1. The van der Waals surface area contributed by atoms with Gasteiger partial charge in [-0.2, -0.15) is 0 Å². The first-order chi connectivity index (χ1) is 8.42. The molecular weight excluding hydrogens is 218 g/mol. The van der Waals surface area contributed by atoms with Gasteiger partial charge in [-0.05, 0) is 19.4 Å². The van der Waals surface area contributed by atoms with E-state index in [9.17, 15) is 0 Å². The normalized spacial score (nSPS) is 19.9. The summed E-state index contributed by atoms with van der Waals surface area (Å²) in [5.41, 5.74) is 1.28. The summed E-state index contributed by atoms with van der Waals surface area (Å²) in [6.45, 7) is 3.99. The number of rotatable bonds is 7. The number of hydrogen-bond donors (Lipinski definition) is 1. The molecule has 1 aromatic heterocycles. The zero-order valence-electron chi connectivity index (χ0n) is 10.4. The molecule has 2 rings (SSSR count). The fraction of sp³-hybridized carbons (Fsp3) is 0.750. The van der Waals surface area contributed by atoms with Crippen molar-refractivity contribution in [2.45, 2.75) is 25.4 Å². The van der Waals surface area contributed by atoms with Crippen LogP contribution in [0.4, 0.5) is 0 Å². The Morgan fingerprint density at radius 3 is 3.18 bits per heavy atom. The van der Waals surface area contributed by atoms with Gasteiger partial charge in [0.15, 0.2) is 0 Å². The molecule has 2 heterocycles. The highest BCUT2D eigenvalue weighted by atomic mass is 16.5. The first-order valence-electron chi connectivity index (χ1n) is 6.22. The standard InChI is InChI=1S/C12H21N3O2/c1-16-7-8-17-6-5-15-10-13-9-12(15)11-3-2-4-14-11/h9-11,14H,2-8H2,1H3. The van der Waals surface area contributed by atoms with E-state index in [4.69, 9.17) is 9.47 Å². The van der Waals surface area contributed by atoms with Crippen LogP contribution in [0.5, 0.6) is 0 Å². The SMILES string of the molecule is COCCOCCn1cncc1C1CCCN1. The van der Waals surface area contributed by atoms with Gasteiger partial charge in [0.05, 0.1) is 31.8 Å². The molecule has 1 aliphatic rings. The Labute approximate surface area is 102 Å². The molecule has 1 atom stereocenters. The van der Waals surface area contributed by atoms with Crippen molar-refractivity contribution in [3.63, 3.8) is 0 Å². The first kappa shape index (κ1) is 12.5. The second-order valence-corrected chi connectivity index (χ2v) is 4.27. The van der Waals surface area contributed by atoms with Crippen LogP contribution in [0.1, 0.15) is 24.6 Å². The van der Waals surface area contributed by atoms with Crippen LogP contribution in [0.25, 0.3) is 0 Å². The summed E-state index contributed by atoms with van der Waals surface area (Å²) in [5.74, 6) is 0. The predicted molar refractivity (Wildman–Crippen MR) is 64.9 cm³/mol. The molecular formula is C12H21N3O2.